The molecule has 1 aliphatic heterocycles. The third-order valence-electron chi connectivity index (χ3n) is 5.60. The Balaban J connectivity index is 2.01. The molecule has 0 unspecified atom stereocenters. The number of allylic oxidation sites excluding steroid dienone is 2. The van der Waals surface area contributed by atoms with Crippen LogP contribution in [0.4, 0.5) is 10.1 Å². The zero-order valence-corrected chi connectivity index (χ0v) is 20.2. The summed E-state index contributed by atoms with van der Waals surface area (Å²) in [6.45, 7) is 6.71. The summed E-state index contributed by atoms with van der Waals surface area (Å²) in [6.07, 6.45) is 0. The van der Waals surface area contributed by atoms with Crippen LogP contribution in [-0.2, 0) is 9.59 Å². The van der Waals surface area contributed by atoms with Gasteiger partial charge in [0.05, 0.1) is 28.3 Å². The van der Waals surface area contributed by atoms with Crippen molar-refractivity contribution < 1.29 is 14.0 Å². The van der Waals surface area contributed by atoms with Gasteiger partial charge in [0.15, 0.2) is 0 Å². The lowest BCUT2D eigenvalue weighted by Crippen LogP contribution is -2.33. The Morgan fingerprint density at radius 1 is 1.12 bits per heavy atom. The fraction of sp³-hybridized carbons (Fsp3) is 0.269. The molecular weight excluding hydrogens is 451 g/mol. The molecule has 0 fully saturated rings. The number of dihydropyridines is 1. The van der Waals surface area contributed by atoms with Gasteiger partial charge in [-0.1, -0.05) is 48.2 Å². The standard InChI is InChI=1S/C26H27FN4O2S/c1-4-31(5-2)22(32)16-34-26-20(15-28)24(19-13-9-10-14-21(19)27)23(17(3)29-26)25(33)30-18-11-7-6-8-12-18/h6-14,24,29H,4-5,16H2,1-3H3,(H,30,33)/t24-/m1/s1. The number of benzene rings is 2. The number of hydrogen-bond acceptors (Lipinski definition) is 5. The van der Waals surface area contributed by atoms with Gasteiger partial charge >= 0.3 is 0 Å². The Bertz CT molecular complexity index is 1170. The van der Waals surface area contributed by atoms with Crippen molar-refractivity contribution >= 4 is 29.3 Å². The maximum absolute atomic E-state index is 14.9. The molecule has 3 rings (SSSR count). The van der Waals surface area contributed by atoms with Gasteiger partial charge in [0.1, 0.15) is 5.82 Å². The molecule has 176 valence electrons. The van der Waals surface area contributed by atoms with E-state index in [1.807, 2.05) is 19.9 Å². The van der Waals surface area contributed by atoms with Crippen LogP contribution < -0.4 is 10.6 Å². The number of nitrogens with zero attached hydrogens (tertiary/aromatic N) is 2. The highest BCUT2D eigenvalue weighted by atomic mass is 32.2. The van der Waals surface area contributed by atoms with E-state index in [1.165, 1.54) is 17.8 Å². The minimum Gasteiger partial charge on any atom is -0.353 e. The number of thioether (sulfide) groups is 1. The fourth-order valence-corrected chi connectivity index (χ4v) is 4.86. The van der Waals surface area contributed by atoms with Gasteiger partial charge in [0.2, 0.25) is 5.91 Å². The largest absolute Gasteiger partial charge is 0.353 e. The van der Waals surface area contributed by atoms with Crippen molar-refractivity contribution in [2.75, 3.05) is 24.2 Å². The predicted molar refractivity (Wildman–Crippen MR) is 133 cm³/mol. The molecule has 0 aliphatic carbocycles. The smallest absolute Gasteiger partial charge is 0.254 e. The Kier molecular flexibility index (Phi) is 8.50. The van der Waals surface area contributed by atoms with Crippen molar-refractivity contribution in [3.05, 3.63) is 87.9 Å². The molecule has 2 aromatic rings. The van der Waals surface area contributed by atoms with E-state index in [4.69, 9.17) is 0 Å². The lowest BCUT2D eigenvalue weighted by atomic mass is 9.82. The van der Waals surface area contributed by atoms with Crippen molar-refractivity contribution in [3.8, 4) is 6.07 Å². The number of rotatable bonds is 8. The molecule has 0 aromatic heterocycles. The van der Waals surface area contributed by atoms with Crippen LogP contribution in [0, 0.1) is 17.1 Å². The van der Waals surface area contributed by atoms with E-state index in [0.29, 0.717) is 29.5 Å². The van der Waals surface area contributed by atoms with Crippen LogP contribution in [0.2, 0.25) is 0 Å². The van der Waals surface area contributed by atoms with Crippen LogP contribution in [-0.4, -0.2) is 35.6 Å². The summed E-state index contributed by atoms with van der Waals surface area (Å²) in [5.74, 6) is -1.79. The van der Waals surface area contributed by atoms with Crippen LogP contribution >= 0.6 is 11.8 Å². The third-order valence-corrected chi connectivity index (χ3v) is 6.60. The zero-order chi connectivity index (χ0) is 24.7. The van der Waals surface area contributed by atoms with Crippen LogP contribution in [0.5, 0.6) is 0 Å². The summed E-state index contributed by atoms with van der Waals surface area (Å²) < 4.78 is 14.9. The number of amides is 2. The Morgan fingerprint density at radius 3 is 2.38 bits per heavy atom. The monoisotopic (exact) mass is 478 g/mol. The van der Waals surface area contributed by atoms with E-state index < -0.39 is 17.6 Å². The summed E-state index contributed by atoms with van der Waals surface area (Å²) in [5, 5.41) is 16.5. The normalized spacial score (nSPS) is 15.4. The molecule has 6 nitrogen and oxygen atoms in total. The van der Waals surface area contributed by atoms with E-state index in [0.717, 1.165) is 0 Å². The first-order chi connectivity index (χ1) is 16.4. The van der Waals surface area contributed by atoms with Crippen LogP contribution in [0.15, 0.2) is 76.5 Å². The molecule has 0 saturated heterocycles. The number of carbonyl (C=O) groups excluding carboxylic acids is 2. The van der Waals surface area contributed by atoms with Gasteiger partial charge in [-0.15, -0.1) is 0 Å². The minimum atomic E-state index is -0.915. The quantitative estimate of drug-likeness (QED) is 0.571. The number of carbonyl (C=O) groups is 2. The second-order valence-corrected chi connectivity index (χ2v) is 8.63. The van der Waals surface area contributed by atoms with E-state index in [1.54, 1.807) is 54.3 Å². The van der Waals surface area contributed by atoms with Crippen LogP contribution in [0.3, 0.4) is 0 Å². The molecule has 2 N–H and O–H groups in total. The number of hydrogen-bond donors (Lipinski definition) is 2. The Hall–Kier alpha value is -3.57. The molecule has 2 amide bonds. The highest BCUT2D eigenvalue weighted by molar-refractivity contribution is 8.03. The second kappa shape index (κ2) is 11.5. The molecule has 1 heterocycles. The topological polar surface area (TPSA) is 85.2 Å². The van der Waals surface area contributed by atoms with E-state index in [-0.39, 0.29) is 28.4 Å². The summed E-state index contributed by atoms with van der Waals surface area (Å²) in [6, 6.07) is 17.2. The average molecular weight is 479 g/mol. The zero-order valence-electron chi connectivity index (χ0n) is 19.4. The van der Waals surface area contributed by atoms with Gasteiger partial charge in [0.25, 0.3) is 5.91 Å². The van der Waals surface area contributed by atoms with E-state index in [2.05, 4.69) is 16.7 Å². The first kappa shape index (κ1) is 25.1. The SMILES string of the molecule is CCN(CC)C(=O)CSC1=C(C#N)[C@@H](c2ccccc2F)C(C(=O)Nc2ccccc2)=C(C)N1. The lowest BCUT2D eigenvalue weighted by molar-refractivity contribution is -0.128. The number of halogens is 1. The lowest BCUT2D eigenvalue weighted by Gasteiger charge is -2.30. The Labute approximate surface area is 203 Å². The number of nitrogens with one attached hydrogen (secondary N) is 2. The van der Waals surface area contributed by atoms with Crippen molar-refractivity contribution in [2.24, 2.45) is 0 Å². The molecule has 2 aromatic carbocycles. The molecule has 0 radical (unpaired) electrons. The highest BCUT2D eigenvalue weighted by Gasteiger charge is 2.36. The van der Waals surface area contributed by atoms with Crippen molar-refractivity contribution in [2.45, 2.75) is 26.7 Å². The molecular formula is C26H27FN4O2S. The molecule has 0 saturated carbocycles. The summed E-state index contributed by atoms with van der Waals surface area (Å²) in [4.78, 5) is 27.6. The van der Waals surface area contributed by atoms with Crippen LogP contribution in [0.1, 0.15) is 32.3 Å². The Morgan fingerprint density at radius 2 is 1.76 bits per heavy atom. The fourth-order valence-electron chi connectivity index (χ4n) is 3.87. The molecule has 0 spiro atoms. The number of para-hydroxylation sites is 1. The van der Waals surface area contributed by atoms with Gasteiger partial charge in [-0.2, -0.15) is 5.26 Å². The van der Waals surface area contributed by atoms with Gasteiger partial charge < -0.3 is 15.5 Å². The molecule has 8 heteroatoms. The number of anilines is 1. The maximum Gasteiger partial charge on any atom is 0.254 e. The van der Waals surface area contributed by atoms with Crippen molar-refractivity contribution in [1.82, 2.24) is 10.2 Å². The van der Waals surface area contributed by atoms with E-state index in [9.17, 15) is 19.2 Å². The van der Waals surface area contributed by atoms with Gasteiger partial charge in [-0.3, -0.25) is 9.59 Å². The third kappa shape index (κ3) is 5.49. The summed E-state index contributed by atoms with van der Waals surface area (Å²) in [5.41, 5.74) is 1.77. The average Bonchev–Trinajstić information content (AvgIpc) is 2.84. The van der Waals surface area contributed by atoms with E-state index >= 15 is 0 Å². The van der Waals surface area contributed by atoms with Crippen LogP contribution in [0.25, 0.3) is 0 Å². The van der Waals surface area contributed by atoms with Gasteiger partial charge in [0, 0.05) is 35.6 Å². The number of nitriles is 1. The first-order valence-corrected chi connectivity index (χ1v) is 12.0. The van der Waals surface area contributed by atoms with Crippen molar-refractivity contribution in [1.29, 1.82) is 5.26 Å². The highest BCUT2D eigenvalue weighted by Crippen LogP contribution is 2.41. The van der Waals surface area contributed by atoms with Gasteiger partial charge in [-0.05, 0) is 39.0 Å². The first-order valence-electron chi connectivity index (χ1n) is 11.0. The molecule has 1 atom stereocenters. The maximum atomic E-state index is 14.9. The molecule has 34 heavy (non-hydrogen) atoms. The molecule has 1 aliphatic rings. The predicted octanol–water partition coefficient (Wildman–Crippen LogP) is 4.76. The van der Waals surface area contributed by atoms with Crippen molar-refractivity contribution in [3.63, 3.8) is 0 Å². The summed E-state index contributed by atoms with van der Waals surface area (Å²) >= 11 is 1.19. The van der Waals surface area contributed by atoms with Gasteiger partial charge in [-0.25, -0.2) is 4.39 Å². The second-order valence-electron chi connectivity index (χ2n) is 7.65. The minimum absolute atomic E-state index is 0.0571. The molecule has 0 bridgehead atoms. The summed E-state index contributed by atoms with van der Waals surface area (Å²) in [7, 11) is 0.